The van der Waals surface area contributed by atoms with Crippen LogP contribution in [0.4, 0.5) is 0 Å². The average molecular weight is 453 g/mol. The summed E-state index contributed by atoms with van der Waals surface area (Å²) in [6, 6.07) is 18.7. The zero-order valence-electron chi connectivity index (χ0n) is 19.5. The molecular formula is C28H28N4O2. The maximum absolute atomic E-state index is 13.0. The van der Waals surface area contributed by atoms with Crippen molar-refractivity contribution in [1.29, 1.82) is 10.5 Å². The Balaban J connectivity index is 1.62. The summed E-state index contributed by atoms with van der Waals surface area (Å²) in [7, 11) is 0. The van der Waals surface area contributed by atoms with Gasteiger partial charge in [0.05, 0.1) is 23.3 Å². The summed E-state index contributed by atoms with van der Waals surface area (Å²) in [4.78, 5) is 29.4. The molecule has 2 amide bonds. The van der Waals surface area contributed by atoms with Gasteiger partial charge in [-0.25, -0.2) is 0 Å². The van der Waals surface area contributed by atoms with E-state index in [1.54, 1.807) is 41.3 Å². The molecule has 2 aromatic carbocycles. The van der Waals surface area contributed by atoms with Crippen LogP contribution in [0.5, 0.6) is 0 Å². The zero-order chi connectivity index (χ0) is 24.5. The molecule has 34 heavy (non-hydrogen) atoms. The van der Waals surface area contributed by atoms with Crippen LogP contribution < -0.4 is 0 Å². The van der Waals surface area contributed by atoms with E-state index in [2.05, 4.69) is 12.1 Å². The Morgan fingerprint density at radius 1 is 0.912 bits per heavy atom. The highest BCUT2D eigenvalue weighted by atomic mass is 16.2. The molecule has 3 rings (SSSR count). The van der Waals surface area contributed by atoms with Crippen LogP contribution in [-0.4, -0.2) is 46.8 Å². The molecule has 0 spiro atoms. The second-order valence-corrected chi connectivity index (χ2v) is 8.46. The lowest BCUT2D eigenvalue weighted by atomic mass is 10.0. The van der Waals surface area contributed by atoms with E-state index in [1.807, 2.05) is 43.0 Å². The molecule has 0 saturated carbocycles. The van der Waals surface area contributed by atoms with Gasteiger partial charge in [-0.15, -0.1) is 0 Å². The molecule has 1 saturated heterocycles. The first kappa shape index (κ1) is 24.5. The Hall–Kier alpha value is -4.16. The smallest absolute Gasteiger partial charge is 0.247 e. The quantitative estimate of drug-likeness (QED) is 0.608. The zero-order valence-corrected chi connectivity index (χ0v) is 19.5. The van der Waals surface area contributed by atoms with Crippen molar-refractivity contribution >= 4 is 24.0 Å². The minimum atomic E-state index is -0.0967. The van der Waals surface area contributed by atoms with Crippen LogP contribution >= 0.6 is 0 Å². The van der Waals surface area contributed by atoms with Crippen molar-refractivity contribution in [3.05, 3.63) is 82.9 Å². The van der Waals surface area contributed by atoms with E-state index in [0.29, 0.717) is 42.6 Å². The van der Waals surface area contributed by atoms with Crippen molar-refractivity contribution in [3.63, 3.8) is 0 Å². The van der Waals surface area contributed by atoms with Gasteiger partial charge in [-0.2, -0.15) is 10.5 Å². The van der Waals surface area contributed by atoms with Crippen LogP contribution in [-0.2, 0) is 9.59 Å². The van der Waals surface area contributed by atoms with Gasteiger partial charge in [-0.05, 0) is 62.1 Å². The number of likely N-dealkylation sites (tertiary alicyclic amines) is 1. The van der Waals surface area contributed by atoms with Crippen molar-refractivity contribution < 1.29 is 9.59 Å². The second kappa shape index (κ2) is 11.6. The standard InChI is InChI=1S/C28H28N4O2/c1-21(2)32(28(34)14-12-23-8-4-6-10-25(23)20-30)26-15-17-31(18-16-26)27(33)13-11-22-7-3-5-9-24(22)19-29/h3-14,21,26H,15-18H2,1-2H3/b13-11-,14-12+. The molecule has 0 N–H and O–H groups in total. The van der Waals surface area contributed by atoms with Gasteiger partial charge in [0.2, 0.25) is 11.8 Å². The normalized spacial score (nSPS) is 14.3. The molecule has 1 aliphatic rings. The molecule has 0 aromatic heterocycles. The fourth-order valence-electron chi connectivity index (χ4n) is 4.22. The van der Waals surface area contributed by atoms with E-state index >= 15 is 0 Å². The summed E-state index contributed by atoms with van der Waals surface area (Å²) in [5.41, 5.74) is 2.49. The molecule has 0 radical (unpaired) electrons. The molecule has 0 unspecified atom stereocenters. The van der Waals surface area contributed by atoms with Gasteiger partial charge in [0.1, 0.15) is 0 Å². The van der Waals surface area contributed by atoms with Gasteiger partial charge < -0.3 is 9.80 Å². The Bertz CT molecular complexity index is 1180. The predicted octanol–water partition coefficient (Wildman–Crippen LogP) is 4.38. The monoisotopic (exact) mass is 452 g/mol. The van der Waals surface area contributed by atoms with E-state index in [-0.39, 0.29) is 23.9 Å². The van der Waals surface area contributed by atoms with Gasteiger partial charge in [0, 0.05) is 37.3 Å². The van der Waals surface area contributed by atoms with Crippen LogP contribution in [0.1, 0.15) is 48.9 Å². The van der Waals surface area contributed by atoms with Crippen LogP contribution in [0.25, 0.3) is 12.2 Å². The highest BCUT2D eigenvalue weighted by Gasteiger charge is 2.29. The summed E-state index contributed by atoms with van der Waals surface area (Å²) in [5, 5.41) is 18.5. The minimum Gasteiger partial charge on any atom is -0.339 e. The first-order valence-corrected chi connectivity index (χ1v) is 11.4. The number of benzene rings is 2. The van der Waals surface area contributed by atoms with Crippen molar-refractivity contribution in [1.82, 2.24) is 9.80 Å². The number of carbonyl (C=O) groups excluding carboxylic acids is 2. The van der Waals surface area contributed by atoms with Gasteiger partial charge in [-0.1, -0.05) is 36.4 Å². The first-order chi connectivity index (χ1) is 16.4. The van der Waals surface area contributed by atoms with Crippen molar-refractivity contribution in [2.24, 2.45) is 0 Å². The lowest BCUT2D eigenvalue weighted by Crippen LogP contribution is -2.50. The molecule has 2 aromatic rings. The Labute approximate surface area is 201 Å². The summed E-state index contributed by atoms with van der Waals surface area (Å²) < 4.78 is 0. The van der Waals surface area contributed by atoms with E-state index in [9.17, 15) is 20.1 Å². The third kappa shape index (κ3) is 5.99. The second-order valence-electron chi connectivity index (χ2n) is 8.46. The number of rotatable bonds is 6. The summed E-state index contributed by atoms with van der Waals surface area (Å²) in [6.07, 6.45) is 7.81. The van der Waals surface area contributed by atoms with Crippen LogP contribution in [0, 0.1) is 22.7 Å². The summed E-state index contributed by atoms with van der Waals surface area (Å²) in [6.45, 7) is 5.10. The number of amides is 2. The maximum atomic E-state index is 13.0. The number of nitriles is 2. The van der Waals surface area contributed by atoms with Gasteiger partial charge in [0.15, 0.2) is 0 Å². The number of nitrogens with zero attached hydrogens (tertiary/aromatic N) is 4. The average Bonchev–Trinajstić information content (AvgIpc) is 2.86. The molecule has 0 aliphatic carbocycles. The van der Waals surface area contributed by atoms with E-state index in [0.717, 1.165) is 5.56 Å². The number of carbonyl (C=O) groups is 2. The highest BCUT2D eigenvalue weighted by molar-refractivity contribution is 5.93. The number of hydrogen-bond donors (Lipinski definition) is 0. The Morgan fingerprint density at radius 3 is 1.91 bits per heavy atom. The van der Waals surface area contributed by atoms with E-state index < -0.39 is 0 Å². The van der Waals surface area contributed by atoms with E-state index in [4.69, 9.17) is 0 Å². The lowest BCUT2D eigenvalue weighted by molar-refractivity contribution is -0.132. The number of piperidine rings is 1. The number of hydrogen-bond acceptors (Lipinski definition) is 4. The van der Waals surface area contributed by atoms with Crippen LogP contribution in [0.15, 0.2) is 60.7 Å². The fourth-order valence-corrected chi connectivity index (χ4v) is 4.22. The largest absolute Gasteiger partial charge is 0.339 e. The molecule has 1 aliphatic heterocycles. The Morgan fingerprint density at radius 2 is 1.41 bits per heavy atom. The third-order valence-electron chi connectivity index (χ3n) is 5.95. The van der Waals surface area contributed by atoms with Gasteiger partial charge in [-0.3, -0.25) is 9.59 Å². The highest BCUT2D eigenvalue weighted by Crippen LogP contribution is 2.21. The Kier molecular flexibility index (Phi) is 8.37. The summed E-state index contributed by atoms with van der Waals surface area (Å²) in [5.74, 6) is -0.192. The topological polar surface area (TPSA) is 88.2 Å². The molecular weight excluding hydrogens is 424 g/mol. The van der Waals surface area contributed by atoms with E-state index in [1.165, 1.54) is 12.2 Å². The first-order valence-electron chi connectivity index (χ1n) is 11.4. The van der Waals surface area contributed by atoms with Crippen molar-refractivity contribution in [2.45, 2.75) is 38.8 Å². The lowest BCUT2D eigenvalue weighted by Gasteiger charge is -2.40. The van der Waals surface area contributed by atoms with Crippen molar-refractivity contribution in [3.8, 4) is 12.1 Å². The predicted molar refractivity (Wildman–Crippen MR) is 132 cm³/mol. The van der Waals surface area contributed by atoms with Crippen LogP contribution in [0.3, 0.4) is 0 Å². The third-order valence-corrected chi connectivity index (χ3v) is 5.95. The van der Waals surface area contributed by atoms with Gasteiger partial charge in [0.25, 0.3) is 0 Å². The van der Waals surface area contributed by atoms with Crippen LogP contribution in [0.2, 0.25) is 0 Å². The molecule has 0 atom stereocenters. The molecule has 1 heterocycles. The molecule has 1 fully saturated rings. The molecule has 6 heteroatoms. The van der Waals surface area contributed by atoms with Crippen molar-refractivity contribution in [2.75, 3.05) is 13.1 Å². The molecule has 0 bridgehead atoms. The fraction of sp³-hybridized carbons (Fsp3) is 0.286. The SMILES string of the molecule is CC(C)N(C(=O)/C=C/c1ccccc1C#N)C1CCN(C(=O)/C=C\c2ccccc2C#N)CC1. The minimum absolute atomic E-state index is 0.0120. The molecule has 6 nitrogen and oxygen atoms in total. The van der Waals surface area contributed by atoms with Gasteiger partial charge >= 0.3 is 0 Å². The maximum Gasteiger partial charge on any atom is 0.247 e. The summed E-state index contributed by atoms with van der Waals surface area (Å²) >= 11 is 0. The molecule has 172 valence electrons.